The fraction of sp³-hybridized carbons (Fsp3) is 0.875. The lowest BCUT2D eigenvalue weighted by Gasteiger charge is -2.41. The number of hydrogen-bond donors (Lipinski definition) is 2. The molecule has 1 fully saturated rings. The van der Waals surface area contributed by atoms with E-state index in [-0.39, 0.29) is 18.5 Å². The molecule has 122 valence electrons. The molecule has 1 heterocycles. The molecule has 1 saturated heterocycles. The van der Waals surface area contributed by atoms with Crippen LogP contribution in [0.1, 0.15) is 65.7 Å². The number of amides is 1. The summed E-state index contributed by atoms with van der Waals surface area (Å²) in [7, 11) is 0. The normalized spacial score (nSPS) is 24.5. The van der Waals surface area contributed by atoms with Crippen molar-refractivity contribution in [3.8, 4) is 0 Å². The third kappa shape index (κ3) is 5.30. The van der Waals surface area contributed by atoms with E-state index in [1.54, 1.807) is 6.92 Å². The zero-order valence-corrected chi connectivity index (χ0v) is 13.7. The summed E-state index contributed by atoms with van der Waals surface area (Å²) >= 11 is 0. The second-order valence-electron chi connectivity index (χ2n) is 6.42. The summed E-state index contributed by atoms with van der Waals surface area (Å²) in [5.41, 5.74) is -0.902. The summed E-state index contributed by atoms with van der Waals surface area (Å²) < 4.78 is 0. The van der Waals surface area contributed by atoms with Gasteiger partial charge in [-0.25, -0.2) is 0 Å². The smallest absolute Gasteiger partial charge is 0.323 e. The van der Waals surface area contributed by atoms with Crippen molar-refractivity contribution in [2.75, 3.05) is 13.1 Å². The predicted octanol–water partition coefficient (Wildman–Crippen LogP) is 2.40. The molecular formula is C16H30N2O3. The average molecular weight is 298 g/mol. The Bertz CT molecular complexity index is 359. The first kappa shape index (κ1) is 18.0. The number of carbonyl (C=O) groups is 2. The molecule has 0 aromatic heterocycles. The number of carboxylic acid groups (broad SMARTS) is 1. The third-order valence-electron chi connectivity index (χ3n) is 4.48. The van der Waals surface area contributed by atoms with Gasteiger partial charge in [-0.05, 0) is 46.1 Å². The zero-order valence-electron chi connectivity index (χ0n) is 13.7. The number of nitrogens with zero attached hydrogens (tertiary/aromatic N) is 1. The molecule has 0 aromatic carbocycles. The van der Waals surface area contributed by atoms with Crippen molar-refractivity contribution in [3.05, 3.63) is 0 Å². The van der Waals surface area contributed by atoms with Gasteiger partial charge in [0.25, 0.3) is 0 Å². The first-order valence-corrected chi connectivity index (χ1v) is 8.18. The molecule has 5 heteroatoms. The van der Waals surface area contributed by atoms with Crippen LogP contribution in [0.2, 0.25) is 0 Å². The standard InChI is InChI=1S/C16H30N2O3/c1-4-5-6-9-13(2)17-14(19)12-18-11-8-7-10-16(18,3)15(20)21/h13H,4-12H2,1-3H3,(H,17,19)(H,20,21). The van der Waals surface area contributed by atoms with Crippen molar-refractivity contribution in [1.29, 1.82) is 0 Å². The van der Waals surface area contributed by atoms with Crippen molar-refractivity contribution in [2.24, 2.45) is 0 Å². The predicted molar refractivity (Wildman–Crippen MR) is 83.2 cm³/mol. The summed E-state index contributed by atoms with van der Waals surface area (Å²) in [6.45, 7) is 6.76. The van der Waals surface area contributed by atoms with Gasteiger partial charge in [0.1, 0.15) is 5.54 Å². The van der Waals surface area contributed by atoms with Gasteiger partial charge in [0.2, 0.25) is 5.91 Å². The molecule has 1 amide bonds. The largest absolute Gasteiger partial charge is 0.480 e. The van der Waals surface area contributed by atoms with E-state index in [4.69, 9.17) is 0 Å². The SMILES string of the molecule is CCCCCC(C)NC(=O)CN1CCCCC1(C)C(=O)O. The molecule has 0 bridgehead atoms. The molecule has 1 aliphatic rings. The van der Waals surface area contributed by atoms with Gasteiger partial charge in [-0.1, -0.05) is 26.2 Å². The summed E-state index contributed by atoms with van der Waals surface area (Å²) in [4.78, 5) is 25.4. The highest BCUT2D eigenvalue weighted by atomic mass is 16.4. The molecule has 0 aromatic rings. The van der Waals surface area contributed by atoms with Gasteiger partial charge in [-0.2, -0.15) is 0 Å². The quantitative estimate of drug-likeness (QED) is 0.675. The highest BCUT2D eigenvalue weighted by Crippen LogP contribution is 2.27. The minimum atomic E-state index is -0.902. The van der Waals surface area contributed by atoms with E-state index >= 15 is 0 Å². The Labute approximate surface area is 128 Å². The van der Waals surface area contributed by atoms with Crippen LogP contribution in [0.3, 0.4) is 0 Å². The second kappa shape index (κ2) is 8.37. The van der Waals surface area contributed by atoms with Crippen LogP contribution in [-0.4, -0.2) is 46.6 Å². The minimum absolute atomic E-state index is 0.0617. The van der Waals surface area contributed by atoms with Crippen molar-refractivity contribution >= 4 is 11.9 Å². The molecule has 21 heavy (non-hydrogen) atoms. The molecule has 2 atom stereocenters. The Morgan fingerprint density at radius 3 is 2.67 bits per heavy atom. The average Bonchev–Trinajstić information content (AvgIpc) is 2.41. The summed E-state index contributed by atoms with van der Waals surface area (Å²) in [5.74, 6) is -0.889. The Morgan fingerprint density at radius 1 is 1.33 bits per heavy atom. The van der Waals surface area contributed by atoms with Crippen LogP contribution in [0.5, 0.6) is 0 Å². The topological polar surface area (TPSA) is 69.6 Å². The van der Waals surface area contributed by atoms with E-state index in [1.165, 1.54) is 12.8 Å². The monoisotopic (exact) mass is 298 g/mol. The third-order valence-corrected chi connectivity index (χ3v) is 4.48. The zero-order chi connectivity index (χ0) is 15.9. The van der Waals surface area contributed by atoms with Crippen LogP contribution in [0.15, 0.2) is 0 Å². The van der Waals surface area contributed by atoms with Crippen molar-refractivity contribution in [1.82, 2.24) is 10.2 Å². The number of nitrogens with one attached hydrogen (secondary N) is 1. The molecule has 2 unspecified atom stereocenters. The van der Waals surface area contributed by atoms with E-state index in [0.717, 1.165) is 25.7 Å². The Morgan fingerprint density at radius 2 is 2.05 bits per heavy atom. The second-order valence-corrected chi connectivity index (χ2v) is 6.42. The molecule has 0 radical (unpaired) electrons. The molecule has 5 nitrogen and oxygen atoms in total. The van der Waals surface area contributed by atoms with Gasteiger partial charge in [0, 0.05) is 6.04 Å². The van der Waals surface area contributed by atoms with Gasteiger partial charge >= 0.3 is 5.97 Å². The minimum Gasteiger partial charge on any atom is -0.480 e. The van der Waals surface area contributed by atoms with Crippen LogP contribution in [-0.2, 0) is 9.59 Å². The van der Waals surface area contributed by atoms with Crippen LogP contribution < -0.4 is 5.32 Å². The lowest BCUT2D eigenvalue weighted by Crippen LogP contribution is -2.58. The van der Waals surface area contributed by atoms with Crippen LogP contribution >= 0.6 is 0 Å². The molecule has 2 N–H and O–H groups in total. The fourth-order valence-corrected chi connectivity index (χ4v) is 2.94. The van der Waals surface area contributed by atoms with Crippen LogP contribution in [0.25, 0.3) is 0 Å². The van der Waals surface area contributed by atoms with E-state index in [1.807, 2.05) is 11.8 Å². The van der Waals surface area contributed by atoms with Crippen molar-refractivity contribution in [3.63, 3.8) is 0 Å². The van der Waals surface area contributed by atoms with Gasteiger partial charge in [-0.3, -0.25) is 14.5 Å². The van der Waals surface area contributed by atoms with E-state index in [9.17, 15) is 14.7 Å². The molecule has 1 aliphatic heterocycles. The first-order valence-electron chi connectivity index (χ1n) is 8.18. The van der Waals surface area contributed by atoms with Crippen molar-refractivity contribution < 1.29 is 14.7 Å². The maximum atomic E-state index is 12.1. The number of carboxylic acids is 1. The van der Waals surface area contributed by atoms with Crippen LogP contribution in [0.4, 0.5) is 0 Å². The van der Waals surface area contributed by atoms with E-state index < -0.39 is 11.5 Å². The van der Waals surface area contributed by atoms with Gasteiger partial charge in [0.05, 0.1) is 6.54 Å². The summed E-state index contributed by atoms with van der Waals surface area (Å²) in [5, 5.41) is 12.4. The summed E-state index contributed by atoms with van der Waals surface area (Å²) in [6.07, 6.45) is 6.94. The maximum Gasteiger partial charge on any atom is 0.323 e. The molecule has 0 saturated carbocycles. The highest BCUT2D eigenvalue weighted by Gasteiger charge is 2.41. The number of aliphatic carboxylic acids is 1. The van der Waals surface area contributed by atoms with Gasteiger partial charge in [0.15, 0.2) is 0 Å². The molecule has 1 rings (SSSR count). The number of hydrogen-bond acceptors (Lipinski definition) is 3. The number of carbonyl (C=O) groups excluding carboxylic acids is 1. The van der Waals surface area contributed by atoms with Gasteiger partial charge in [-0.15, -0.1) is 0 Å². The highest BCUT2D eigenvalue weighted by molar-refractivity contribution is 5.82. The number of likely N-dealkylation sites (tertiary alicyclic amines) is 1. The Balaban J connectivity index is 2.46. The lowest BCUT2D eigenvalue weighted by molar-refractivity contribution is -0.153. The number of piperidine rings is 1. The van der Waals surface area contributed by atoms with Crippen molar-refractivity contribution in [2.45, 2.75) is 77.3 Å². The maximum absolute atomic E-state index is 12.1. The Kier molecular flexibility index (Phi) is 7.15. The first-order chi connectivity index (χ1) is 9.90. The van der Waals surface area contributed by atoms with E-state index in [0.29, 0.717) is 13.0 Å². The molecule has 0 aliphatic carbocycles. The lowest BCUT2D eigenvalue weighted by atomic mass is 9.88. The van der Waals surface area contributed by atoms with E-state index in [2.05, 4.69) is 12.2 Å². The number of unbranched alkanes of at least 4 members (excludes halogenated alkanes) is 2. The van der Waals surface area contributed by atoms with Crippen LogP contribution in [0, 0.1) is 0 Å². The molecular weight excluding hydrogens is 268 g/mol. The summed E-state index contributed by atoms with van der Waals surface area (Å²) in [6, 6.07) is 0.157. The Hall–Kier alpha value is -1.10. The fourth-order valence-electron chi connectivity index (χ4n) is 2.94. The van der Waals surface area contributed by atoms with Gasteiger partial charge < -0.3 is 10.4 Å². The number of rotatable bonds is 8. The molecule has 0 spiro atoms.